The third kappa shape index (κ3) is 5.09. The van der Waals surface area contributed by atoms with Crippen LogP contribution in [-0.2, 0) is 28.2 Å². The van der Waals surface area contributed by atoms with Crippen molar-refractivity contribution in [2.75, 3.05) is 18.6 Å². The number of benzene rings is 2. The Hall–Kier alpha value is -3.99. The molecule has 0 spiro atoms. The summed E-state index contributed by atoms with van der Waals surface area (Å²) in [7, 11) is -2.22. The highest BCUT2D eigenvalue weighted by Crippen LogP contribution is 2.13. The molecule has 11 heteroatoms. The fourth-order valence-corrected chi connectivity index (χ4v) is 3.72. The summed E-state index contributed by atoms with van der Waals surface area (Å²) in [5, 5.41) is 0. The Labute approximate surface area is 188 Å². The van der Waals surface area contributed by atoms with Crippen LogP contribution in [0.1, 0.15) is 26.3 Å². The van der Waals surface area contributed by atoms with Crippen LogP contribution in [-0.4, -0.2) is 42.2 Å². The second kappa shape index (κ2) is 9.25. The monoisotopic (exact) mass is 471 g/mol. The first-order chi connectivity index (χ1) is 15.5. The van der Waals surface area contributed by atoms with Gasteiger partial charge in [-0.15, -0.1) is 0 Å². The Balaban J connectivity index is 1.84. The van der Waals surface area contributed by atoms with Crippen LogP contribution in [0, 0.1) is 0 Å². The third-order valence-electron chi connectivity index (χ3n) is 4.90. The van der Waals surface area contributed by atoms with Crippen LogP contribution in [0.3, 0.4) is 0 Å². The van der Waals surface area contributed by atoms with Crippen molar-refractivity contribution in [3.63, 3.8) is 0 Å². The molecule has 0 atom stereocenters. The van der Waals surface area contributed by atoms with Crippen molar-refractivity contribution in [3.05, 3.63) is 92.1 Å². The van der Waals surface area contributed by atoms with Crippen LogP contribution in [0.4, 0.5) is 5.82 Å². The van der Waals surface area contributed by atoms with Gasteiger partial charge in [-0.05, 0) is 29.8 Å². The summed E-state index contributed by atoms with van der Waals surface area (Å²) in [5.41, 5.74) is 4.70. The van der Waals surface area contributed by atoms with Crippen LogP contribution in [0.25, 0.3) is 0 Å². The van der Waals surface area contributed by atoms with Crippen molar-refractivity contribution < 1.29 is 22.7 Å². The highest BCUT2D eigenvalue weighted by molar-refractivity contribution is 7.90. The molecule has 0 unspecified atom stereocenters. The molecule has 2 aromatic carbocycles. The van der Waals surface area contributed by atoms with Gasteiger partial charge in [0.25, 0.3) is 5.56 Å². The number of sulfone groups is 1. The molecule has 172 valence electrons. The maximum absolute atomic E-state index is 12.7. The average Bonchev–Trinajstić information content (AvgIpc) is 2.79. The van der Waals surface area contributed by atoms with Crippen molar-refractivity contribution in [3.8, 4) is 0 Å². The molecule has 1 heterocycles. The highest BCUT2D eigenvalue weighted by Gasteiger charge is 2.23. The number of hydrogen-bond acceptors (Lipinski definition) is 8. The number of nitrogens with zero attached hydrogens (tertiary/aromatic N) is 2. The Morgan fingerprint density at radius 2 is 1.61 bits per heavy atom. The zero-order valence-electron chi connectivity index (χ0n) is 17.8. The molecular weight excluding hydrogens is 450 g/mol. The molecule has 0 fully saturated rings. The molecule has 0 amide bonds. The lowest BCUT2D eigenvalue weighted by atomic mass is 10.2. The van der Waals surface area contributed by atoms with Crippen molar-refractivity contribution in [2.24, 2.45) is 7.05 Å². The van der Waals surface area contributed by atoms with E-state index in [0.717, 1.165) is 21.0 Å². The number of Topliss-reactive ketones (excluding diaryl/α,β-unsaturated/α-hetero) is 1. The minimum Gasteiger partial charge on any atom is -0.454 e. The van der Waals surface area contributed by atoms with E-state index in [1.165, 1.54) is 31.3 Å². The zero-order valence-corrected chi connectivity index (χ0v) is 18.7. The first kappa shape index (κ1) is 23.7. The van der Waals surface area contributed by atoms with Gasteiger partial charge in [0.2, 0.25) is 5.78 Å². The lowest BCUT2D eigenvalue weighted by Crippen LogP contribution is -2.43. The number of ether oxygens (including phenoxy) is 1. The van der Waals surface area contributed by atoms with Crippen molar-refractivity contribution >= 4 is 27.4 Å². The van der Waals surface area contributed by atoms with Crippen LogP contribution >= 0.6 is 0 Å². The van der Waals surface area contributed by atoms with E-state index in [2.05, 4.69) is 0 Å². The van der Waals surface area contributed by atoms with Gasteiger partial charge in [-0.1, -0.05) is 30.3 Å². The Morgan fingerprint density at radius 1 is 1.00 bits per heavy atom. The summed E-state index contributed by atoms with van der Waals surface area (Å²) in [4.78, 5) is 50.1. The maximum Gasteiger partial charge on any atom is 0.338 e. The number of hydrogen-bond donors (Lipinski definition) is 1. The Morgan fingerprint density at radius 3 is 2.18 bits per heavy atom. The minimum atomic E-state index is -3.44. The number of anilines is 1. The fraction of sp³-hybridized carbons (Fsp3) is 0.182. The lowest BCUT2D eigenvalue weighted by Gasteiger charge is -2.14. The number of aromatic nitrogens is 2. The van der Waals surface area contributed by atoms with Gasteiger partial charge in [-0.2, -0.15) is 0 Å². The van der Waals surface area contributed by atoms with E-state index in [1.807, 2.05) is 0 Å². The summed E-state index contributed by atoms with van der Waals surface area (Å²) >= 11 is 0. The molecule has 0 aliphatic rings. The fourth-order valence-electron chi connectivity index (χ4n) is 3.09. The quantitative estimate of drug-likeness (QED) is 0.390. The van der Waals surface area contributed by atoms with Crippen molar-refractivity contribution in [2.45, 2.75) is 11.4 Å². The van der Waals surface area contributed by atoms with Gasteiger partial charge in [0, 0.05) is 13.3 Å². The van der Waals surface area contributed by atoms with Gasteiger partial charge in [0.05, 0.1) is 17.0 Å². The Bertz CT molecular complexity index is 1440. The van der Waals surface area contributed by atoms with Crippen LogP contribution in [0.2, 0.25) is 0 Å². The van der Waals surface area contributed by atoms with Crippen molar-refractivity contribution in [1.82, 2.24) is 9.13 Å². The minimum absolute atomic E-state index is 0.0186. The van der Waals surface area contributed by atoms with Gasteiger partial charge in [0.15, 0.2) is 16.4 Å². The SMILES string of the molecule is Cn1c(=O)c(C(=O)COC(=O)c2ccc(S(C)(=O)=O)cc2)c(N)n(Cc2ccccc2)c1=O. The summed E-state index contributed by atoms with van der Waals surface area (Å²) in [6.07, 6.45) is 1.03. The number of rotatable bonds is 7. The molecule has 0 radical (unpaired) electrons. The first-order valence-corrected chi connectivity index (χ1v) is 11.5. The third-order valence-corrected chi connectivity index (χ3v) is 6.03. The van der Waals surface area contributed by atoms with Gasteiger partial charge in [-0.3, -0.25) is 18.7 Å². The molecule has 0 saturated heterocycles. The average molecular weight is 471 g/mol. The van der Waals surface area contributed by atoms with Crippen molar-refractivity contribution in [1.29, 1.82) is 0 Å². The predicted octanol–water partition coefficient (Wildman–Crippen LogP) is 0.621. The van der Waals surface area contributed by atoms with Gasteiger partial charge < -0.3 is 10.5 Å². The highest BCUT2D eigenvalue weighted by atomic mass is 32.2. The van der Waals surface area contributed by atoms with E-state index in [4.69, 9.17) is 10.5 Å². The molecule has 0 aliphatic heterocycles. The summed E-state index contributed by atoms with van der Waals surface area (Å²) in [6, 6.07) is 13.8. The number of esters is 1. The Kier molecular flexibility index (Phi) is 6.63. The van der Waals surface area contributed by atoms with Gasteiger partial charge in [-0.25, -0.2) is 18.0 Å². The molecule has 0 bridgehead atoms. The molecule has 2 N–H and O–H groups in total. The predicted molar refractivity (Wildman–Crippen MR) is 120 cm³/mol. The zero-order chi connectivity index (χ0) is 24.3. The molecule has 1 aromatic heterocycles. The summed E-state index contributed by atoms with van der Waals surface area (Å²) < 4.78 is 29.9. The molecular formula is C22H21N3O7S. The topological polar surface area (TPSA) is 148 Å². The lowest BCUT2D eigenvalue weighted by molar-refractivity contribution is 0.0474. The number of carbonyl (C=O) groups is 2. The second-order valence-corrected chi connectivity index (χ2v) is 9.29. The smallest absolute Gasteiger partial charge is 0.338 e. The summed E-state index contributed by atoms with van der Waals surface area (Å²) in [6.45, 7) is -0.762. The van der Waals surface area contributed by atoms with Crippen LogP contribution in [0.15, 0.2) is 69.1 Å². The van der Waals surface area contributed by atoms with E-state index in [-0.39, 0.29) is 22.8 Å². The number of carbonyl (C=O) groups excluding carboxylic acids is 2. The molecule has 3 aromatic rings. The second-order valence-electron chi connectivity index (χ2n) is 7.27. The summed E-state index contributed by atoms with van der Waals surface area (Å²) in [5.74, 6) is -2.10. The molecule has 10 nitrogen and oxygen atoms in total. The molecule has 3 rings (SSSR count). The largest absolute Gasteiger partial charge is 0.454 e. The molecule has 33 heavy (non-hydrogen) atoms. The maximum atomic E-state index is 12.7. The van der Waals surface area contributed by atoms with E-state index in [9.17, 15) is 27.6 Å². The number of ketones is 1. The number of nitrogen functional groups attached to an aromatic ring is 1. The van der Waals surface area contributed by atoms with E-state index in [0.29, 0.717) is 0 Å². The number of nitrogens with two attached hydrogens (primary N) is 1. The normalized spacial score (nSPS) is 11.2. The van der Waals surface area contributed by atoms with Crippen LogP contribution < -0.4 is 17.0 Å². The molecule has 0 aliphatic carbocycles. The first-order valence-electron chi connectivity index (χ1n) is 9.64. The molecule has 0 saturated carbocycles. The standard InChI is InChI=1S/C22H21N3O7S/c1-24-20(27)18(19(23)25(22(24)29)12-14-6-4-3-5-7-14)17(26)13-32-21(28)15-8-10-16(11-9-15)33(2,30)31/h3-11H,12-13,23H2,1-2H3. The van der Waals surface area contributed by atoms with E-state index in [1.54, 1.807) is 30.3 Å². The van der Waals surface area contributed by atoms with Gasteiger partial charge >= 0.3 is 11.7 Å². The van der Waals surface area contributed by atoms with Crippen LogP contribution in [0.5, 0.6) is 0 Å². The van der Waals surface area contributed by atoms with E-state index >= 15 is 0 Å². The van der Waals surface area contributed by atoms with Gasteiger partial charge in [0.1, 0.15) is 11.4 Å². The van der Waals surface area contributed by atoms with E-state index < -0.39 is 45.0 Å².